The van der Waals surface area contributed by atoms with Crippen molar-refractivity contribution in [1.82, 2.24) is 0 Å². The largest absolute Gasteiger partial charge is 0.497 e. The highest BCUT2D eigenvalue weighted by molar-refractivity contribution is 9.10. The number of benzene rings is 2. The number of carbonyl (C=O) groups is 1. The van der Waals surface area contributed by atoms with E-state index in [2.05, 4.69) is 21.2 Å². The van der Waals surface area contributed by atoms with Crippen LogP contribution in [-0.4, -0.2) is 19.6 Å². The highest BCUT2D eigenvalue weighted by atomic mass is 79.9. The van der Waals surface area contributed by atoms with E-state index in [1.54, 1.807) is 43.5 Å². The maximum Gasteiger partial charge on any atom is 0.259 e. The maximum atomic E-state index is 12.5. The van der Waals surface area contributed by atoms with Crippen molar-refractivity contribution in [3.63, 3.8) is 0 Å². The number of carbonyl (C=O) groups excluding carboxylic acids is 1. The SMILES string of the molecule is CCCOc1ccc(Br)cc1C(=O)Nc1ccc(OC)cc1. The van der Waals surface area contributed by atoms with Gasteiger partial charge < -0.3 is 14.8 Å². The number of methoxy groups -OCH3 is 1. The Hall–Kier alpha value is -2.01. The van der Waals surface area contributed by atoms with E-state index in [1.165, 1.54) is 0 Å². The van der Waals surface area contributed by atoms with Gasteiger partial charge in [-0.3, -0.25) is 4.79 Å². The van der Waals surface area contributed by atoms with Gasteiger partial charge in [-0.2, -0.15) is 0 Å². The predicted octanol–water partition coefficient (Wildman–Crippen LogP) is 4.50. The third-order valence-electron chi connectivity index (χ3n) is 3.00. The van der Waals surface area contributed by atoms with Crippen LogP contribution in [0.5, 0.6) is 11.5 Å². The molecule has 0 aliphatic rings. The fraction of sp³-hybridized carbons (Fsp3) is 0.235. The Labute approximate surface area is 138 Å². The van der Waals surface area contributed by atoms with Crippen LogP contribution in [0.25, 0.3) is 0 Å². The van der Waals surface area contributed by atoms with Crippen molar-refractivity contribution in [2.75, 3.05) is 19.0 Å². The van der Waals surface area contributed by atoms with Crippen molar-refractivity contribution in [2.24, 2.45) is 0 Å². The van der Waals surface area contributed by atoms with Crippen LogP contribution >= 0.6 is 15.9 Å². The van der Waals surface area contributed by atoms with Gasteiger partial charge in [-0.15, -0.1) is 0 Å². The van der Waals surface area contributed by atoms with Crippen LogP contribution in [0, 0.1) is 0 Å². The van der Waals surface area contributed by atoms with Crippen LogP contribution in [0.2, 0.25) is 0 Å². The Kier molecular flexibility index (Phi) is 5.83. The van der Waals surface area contributed by atoms with Crippen molar-refractivity contribution < 1.29 is 14.3 Å². The molecule has 1 N–H and O–H groups in total. The molecular formula is C17H18BrNO3. The molecule has 0 aromatic heterocycles. The van der Waals surface area contributed by atoms with Crippen LogP contribution in [0.1, 0.15) is 23.7 Å². The third kappa shape index (κ3) is 4.24. The molecule has 0 saturated carbocycles. The number of nitrogens with one attached hydrogen (secondary N) is 1. The first-order valence-electron chi connectivity index (χ1n) is 7.01. The van der Waals surface area contributed by atoms with Gasteiger partial charge in [0, 0.05) is 10.2 Å². The number of hydrogen-bond acceptors (Lipinski definition) is 3. The van der Waals surface area contributed by atoms with Gasteiger partial charge in [-0.05, 0) is 48.9 Å². The standard InChI is InChI=1S/C17H18BrNO3/c1-3-10-22-16-9-4-12(18)11-15(16)17(20)19-13-5-7-14(21-2)8-6-13/h4-9,11H,3,10H2,1-2H3,(H,19,20). The molecule has 0 atom stereocenters. The lowest BCUT2D eigenvalue weighted by Gasteiger charge is -2.12. The minimum atomic E-state index is -0.211. The van der Waals surface area contributed by atoms with E-state index in [4.69, 9.17) is 9.47 Å². The van der Waals surface area contributed by atoms with Gasteiger partial charge >= 0.3 is 0 Å². The summed E-state index contributed by atoms with van der Waals surface area (Å²) in [7, 11) is 1.60. The van der Waals surface area contributed by atoms with Crippen molar-refractivity contribution in [3.05, 3.63) is 52.5 Å². The van der Waals surface area contributed by atoms with E-state index in [0.29, 0.717) is 23.6 Å². The Bertz CT molecular complexity index is 641. The minimum Gasteiger partial charge on any atom is -0.497 e. The van der Waals surface area contributed by atoms with Gasteiger partial charge in [0.05, 0.1) is 19.3 Å². The minimum absolute atomic E-state index is 0.211. The van der Waals surface area contributed by atoms with E-state index in [1.807, 2.05) is 13.0 Å². The molecule has 2 aromatic carbocycles. The summed E-state index contributed by atoms with van der Waals surface area (Å²) in [6, 6.07) is 12.6. The molecule has 0 spiro atoms. The summed E-state index contributed by atoms with van der Waals surface area (Å²) in [6.45, 7) is 2.60. The number of rotatable bonds is 6. The summed E-state index contributed by atoms with van der Waals surface area (Å²) in [6.07, 6.45) is 0.885. The normalized spacial score (nSPS) is 10.1. The average Bonchev–Trinajstić information content (AvgIpc) is 2.54. The highest BCUT2D eigenvalue weighted by Gasteiger charge is 2.13. The lowest BCUT2D eigenvalue weighted by molar-refractivity contribution is 0.102. The molecule has 0 aliphatic carbocycles. The Morgan fingerprint density at radius 2 is 1.91 bits per heavy atom. The van der Waals surface area contributed by atoms with Crippen LogP contribution in [0.15, 0.2) is 46.9 Å². The van der Waals surface area contributed by atoms with E-state index in [-0.39, 0.29) is 5.91 Å². The first kappa shape index (κ1) is 16.4. The molecule has 116 valence electrons. The predicted molar refractivity (Wildman–Crippen MR) is 90.9 cm³/mol. The van der Waals surface area contributed by atoms with E-state index < -0.39 is 0 Å². The third-order valence-corrected chi connectivity index (χ3v) is 3.49. The number of amides is 1. The second-order valence-electron chi connectivity index (χ2n) is 4.67. The van der Waals surface area contributed by atoms with Crippen LogP contribution in [0.3, 0.4) is 0 Å². The van der Waals surface area contributed by atoms with E-state index in [0.717, 1.165) is 16.6 Å². The average molecular weight is 364 g/mol. The summed E-state index contributed by atoms with van der Waals surface area (Å²) in [5.74, 6) is 1.11. The zero-order chi connectivity index (χ0) is 15.9. The second kappa shape index (κ2) is 7.84. The number of anilines is 1. The van der Waals surface area contributed by atoms with Crippen molar-refractivity contribution in [1.29, 1.82) is 0 Å². The molecule has 22 heavy (non-hydrogen) atoms. The first-order valence-corrected chi connectivity index (χ1v) is 7.81. The Morgan fingerprint density at radius 1 is 1.18 bits per heavy atom. The van der Waals surface area contributed by atoms with Crippen molar-refractivity contribution >= 4 is 27.5 Å². The van der Waals surface area contributed by atoms with E-state index in [9.17, 15) is 4.79 Å². The summed E-state index contributed by atoms with van der Waals surface area (Å²) >= 11 is 3.39. The smallest absolute Gasteiger partial charge is 0.259 e. The molecule has 2 aromatic rings. The monoisotopic (exact) mass is 363 g/mol. The van der Waals surface area contributed by atoms with Crippen molar-refractivity contribution in [2.45, 2.75) is 13.3 Å². The fourth-order valence-corrected chi connectivity index (χ4v) is 2.25. The molecule has 1 amide bonds. The Morgan fingerprint density at radius 3 is 2.55 bits per heavy atom. The lowest BCUT2D eigenvalue weighted by Crippen LogP contribution is -2.14. The first-order chi connectivity index (χ1) is 10.6. The van der Waals surface area contributed by atoms with Crippen molar-refractivity contribution in [3.8, 4) is 11.5 Å². The van der Waals surface area contributed by atoms with Gasteiger partial charge in [0.1, 0.15) is 11.5 Å². The molecule has 4 nitrogen and oxygen atoms in total. The molecule has 0 heterocycles. The van der Waals surface area contributed by atoms with Crippen LogP contribution in [0.4, 0.5) is 5.69 Å². The fourth-order valence-electron chi connectivity index (χ4n) is 1.89. The number of halogens is 1. The molecule has 0 unspecified atom stereocenters. The van der Waals surface area contributed by atoms with Crippen LogP contribution in [-0.2, 0) is 0 Å². The molecule has 0 saturated heterocycles. The molecule has 0 aliphatic heterocycles. The molecule has 2 rings (SSSR count). The van der Waals surface area contributed by atoms with Gasteiger partial charge in [-0.25, -0.2) is 0 Å². The second-order valence-corrected chi connectivity index (χ2v) is 5.59. The maximum absolute atomic E-state index is 12.5. The van der Waals surface area contributed by atoms with E-state index >= 15 is 0 Å². The number of hydrogen-bond donors (Lipinski definition) is 1. The van der Waals surface area contributed by atoms with Gasteiger partial charge in [-0.1, -0.05) is 22.9 Å². The zero-order valence-corrected chi connectivity index (χ0v) is 14.1. The Balaban J connectivity index is 2.18. The van der Waals surface area contributed by atoms with Gasteiger partial charge in [0.2, 0.25) is 0 Å². The summed E-state index contributed by atoms with van der Waals surface area (Å²) < 4.78 is 11.6. The quantitative estimate of drug-likeness (QED) is 0.821. The molecule has 0 fully saturated rings. The molecule has 5 heteroatoms. The summed E-state index contributed by atoms with van der Waals surface area (Å²) in [5, 5.41) is 2.86. The zero-order valence-electron chi connectivity index (χ0n) is 12.6. The number of ether oxygens (including phenoxy) is 2. The molecule has 0 bridgehead atoms. The van der Waals surface area contributed by atoms with Gasteiger partial charge in [0.15, 0.2) is 0 Å². The molecule has 0 radical (unpaired) electrons. The highest BCUT2D eigenvalue weighted by Crippen LogP contribution is 2.25. The topological polar surface area (TPSA) is 47.6 Å². The summed E-state index contributed by atoms with van der Waals surface area (Å²) in [5.41, 5.74) is 1.20. The van der Waals surface area contributed by atoms with Crippen LogP contribution < -0.4 is 14.8 Å². The van der Waals surface area contributed by atoms with Gasteiger partial charge in [0.25, 0.3) is 5.91 Å². The summed E-state index contributed by atoms with van der Waals surface area (Å²) in [4.78, 5) is 12.5. The lowest BCUT2D eigenvalue weighted by atomic mass is 10.2. The molecular weight excluding hydrogens is 346 g/mol.